The number of hydrogen-bond acceptors (Lipinski definition) is 5. The van der Waals surface area contributed by atoms with Crippen molar-refractivity contribution in [2.75, 3.05) is 0 Å². The van der Waals surface area contributed by atoms with Crippen LogP contribution in [0.2, 0.25) is 0 Å². The molecule has 11 aromatic rings. The summed E-state index contributed by atoms with van der Waals surface area (Å²) in [6, 6.07) is 63.9. The Morgan fingerprint density at radius 2 is 1.11 bits per heavy atom. The van der Waals surface area contributed by atoms with E-state index in [2.05, 4.69) is 173 Å². The van der Waals surface area contributed by atoms with Crippen LogP contribution < -0.4 is 10.6 Å². The Morgan fingerprint density at radius 3 is 2.00 bits per heavy atom. The average molecular weight is 735 g/mol. The molecule has 270 valence electrons. The van der Waals surface area contributed by atoms with Gasteiger partial charge in [0.25, 0.3) is 0 Å². The fourth-order valence-electron chi connectivity index (χ4n) is 8.82. The third-order valence-electron chi connectivity index (χ3n) is 11.5. The highest BCUT2D eigenvalue weighted by Crippen LogP contribution is 2.40. The van der Waals surface area contributed by atoms with Crippen molar-refractivity contribution in [1.82, 2.24) is 15.2 Å². The van der Waals surface area contributed by atoms with E-state index in [0.29, 0.717) is 0 Å². The highest BCUT2D eigenvalue weighted by molar-refractivity contribution is 6.12. The summed E-state index contributed by atoms with van der Waals surface area (Å²) in [7, 11) is 0. The van der Waals surface area contributed by atoms with Gasteiger partial charge in [-0.25, -0.2) is 4.99 Å². The zero-order chi connectivity index (χ0) is 37.5. The second-order valence-corrected chi connectivity index (χ2v) is 14.8. The van der Waals surface area contributed by atoms with Crippen molar-refractivity contribution >= 4 is 71.5 Å². The average Bonchev–Trinajstić information content (AvgIpc) is 3.95. The molecule has 4 heterocycles. The van der Waals surface area contributed by atoms with E-state index >= 15 is 0 Å². The molecule has 0 fully saturated rings. The van der Waals surface area contributed by atoms with Gasteiger partial charge in [0.05, 0.1) is 11.0 Å². The molecule has 0 aliphatic carbocycles. The number of amidine groups is 1. The van der Waals surface area contributed by atoms with Gasteiger partial charge in [-0.15, -0.1) is 0 Å². The van der Waals surface area contributed by atoms with E-state index < -0.39 is 0 Å². The Hall–Kier alpha value is -7.41. The number of aromatic nitrogens is 1. The van der Waals surface area contributed by atoms with E-state index in [9.17, 15) is 0 Å². The van der Waals surface area contributed by atoms with Crippen molar-refractivity contribution < 1.29 is 8.83 Å². The number of rotatable bonds is 5. The maximum Gasteiger partial charge on any atom is 0.136 e. The molecule has 0 amide bonds. The van der Waals surface area contributed by atoms with Gasteiger partial charge >= 0.3 is 0 Å². The van der Waals surface area contributed by atoms with Crippen LogP contribution in [0.25, 0.3) is 82.5 Å². The first-order chi connectivity index (χ1) is 28.2. The van der Waals surface area contributed by atoms with Crippen LogP contribution in [0.3, 0.4) is 0 Å². The molecule has 2 N–H and O–H groups in total. The quantitative estimate of drug-likeness (QED) is 0.185. The molecule has 0 saturated carbocycles. The monoisotopic (exact) mass is 734 g/mol. The summed E-state index contributed by atoms with van der Waals surface area (Å²) in [5.41, 5.74) is 12.3. The van der Waals surface area contributed by atoms with Crippen molar-refractivity contribution in [1.29, 1.82) is 0 Å². The summed E-state index contributed by atoms with van der Waals surface area (Å²) in [5.74, 6) is 0.794. The molecule has 6 heteroatoms. The number of benzene rings is 8. The van der Waals surface area contributed by atoms with Crippen LogP contribution in [0.4, 0.5) is 0 Å². The SMILES string of the molecule is c1ccc(C2N=C(c3ccc4c(c3)oc3ccccc34)NC(c3cccc4oc5ccc(-c6ccc7c8ccccc8n(-c8ccccc8)c7c6)cc5c34)N2)cc1. The number of fused-ring (bicyclic) bond motifs is 9. The molecule has 12 rings (SSSR count). The van der Waals surface area contributed by atoms with Crippen molar-refractivity contribution in [2.24, 2.45) is 4.99 Å². The largest absolute Gasteiger partial charge is 0.456 e. The first kappa shape index (κ1) is 31.9. The lowest BCUT2D eigenvalue weighted by Crippen LogP contribution is -2.45. The lowest BCUT2D eigenvalue weighted by atomic mass is 9.98. The molecular weight excluding hydrogens is 701 g/mol. The van der Waals surface area contributed by atoms with Gasteiger partial charge in [-0.3, -0.25) is 5.32 Å². The predicted molar refractivity (Wildman–Crippen MR) is 232 cm³/mol. The second kappa shape index (κ2) is 12.6. The van der Waals surface area contributed by atoms with Gasteiger partial charge in [-0.05, 0) is 77.4 Å². The lowest BCUT2D eigenvalue weighted by molar-refractivity contribution is 0.411. The van der Waals surface area contributed by atoms with E-state index in [1.165, 1.54) is 21.8 Å². The van der Waals surface area contributed by atoms with Crippen LogP contribution in [0, 0.1) is 0 Å². The normalized spacial score (nSPS) is 15.9. The Morgan fingerprint density at radius 1 is 0.456 bits per heavy atom. The van der Waals surface area contributed by atoms with Crippen molar-refractivity contribution in [2.45, 2.75) is 12.3 Å². The molecule has 0 bridgehead atoms. The summed E-state index contributed by atoms with van der Waals surface area (Å²) < 4.78 is 15.2. The molecule has 0 spiro atoms. The molecule has 57 heavy (non-hydrogen) atoms. The summed E-state index contributed by atoms with van der Waals surface area (Å²) in [4.78, 5) is 5.24. The molecule has 1 aliphatic rings. The van der Waals surface area contributed by atoms with Crippen molar-refractivity contribution in [3.8, 4) is 16.8 Å². The zero-order valence-electron chi connectivity index (χ0n) is 30.7. The van der Waals surface area contributed by atoms with Crippen LogP contribution >= 0.6 is 0 Å². The topological polar surface area (TPSA) is 67.6 Å². The molecule has 8 aromatic carbocycles. The van der Waals surface area contributed by atoms with Crippen LogP contribution in [-0.4, -0.2) is 10.4 Å². The maximum atomic E-state index is 6.56. The maximum absolute atomic E-state index is 6.56. The predicted octanol–water partition coefficient (Wildman–Crippen LogP) is 12.6. The van der Waals surface area contributed by atoms with Gasteiger partial charge in [0.1, 0.15) is 40.5 Å². The van der Waals surface area contributed by atoms with Gasteiger partial charge in [-0.2, -0.15) is 0 Å². The van der Waals surface area contributed by atoms with Crippen molar-refractivity contribution in [3.63, 3.8) is 0 Å². The smallest absolute Gasteiger partial charge is 0.136 e. The minimum atomic E-state index is -0.286. The van der Waals surface area contributed by atoms with Gasteiger partial charge in [0.15, 0.2) is 0 Å². The molecule has 2 unspecified atom stereocenters. The van der Waals surface area contributed by atoms with Gasteiger partial charge in [-0.1, -0.05) is 121 Å². The third kappa shape index (κ3) is 5.12. The summed E-state index contributed by atoms with van der Waals surface area (Å²) in [6.07, 6.45) is -0.564. The second-order valence-electron chi connectivity index (χ2n) is 14.8. The Labute approximate surface area is 327 Å². The van der Waals surface area contributed by atoms with Crippen LogP contribution in [0.1, 0.15) is 29.0 Å². The van der Waals surface area contributed by atoms with E-state index in [4.69, 9.17) is 13.8 Å². The molecule has 3 aromatic heterocycles. The standard InChI is InChI=1S/C51H34N4O2/c1-3-12-31(13-4-1)49-52-50(34-23-26-39-38-17-8-10-20-44(38)57-47(39)30-34)54-51(53-49)40-18-11-21-46-48(40)41-28-32(24-27-45(41)56-46)33-22-25-37-36-16-7-9-19-42(36)55(43(37)29-33)35-14-5-2-6-15-35/h1-30,49,51,53H,(H,52,54). The number of nitrogens with zero attached hydrogens (tertiary/aromatic N) is 2. The van der Waals surface area contributed by atoms with E-state index in [0.717, 1.165) is 83.2 Å². The number of furan rings is 2. The number of para-hydroxylation sites is 3. The number of hydrogen-bond donors (Lipinski definition) is 2. The van der Waals surface area contributed by atoms with E-state index in [1.54, 1.807) is 0 Å². The zero-order valence-corrected chi connectivity index (χ0v) is 30.7. The Kier molecular flexibility index (Phi) is 7.03. The van der Waals surface area contributed by atoms with Crippen LogP contribution in [0.5, 0.6) is 0 Å². The minimum Gasteiger partial charge on any atom is -0.456 e. The summed E-state index contributed by atoms with van der Waals surface area (Å²) in [6.45, 7) is 0. The fraction of sp³-hybridized carbons (Fsp3) is 0.0392. The first-order valence-electron chi connectivity index (χ1n) is 19.3. The molecule has 1 aliphatic heterocycles. The molecule has 0 radical (unpaired) electrons. The molecule has 0 saturated heterocycles. The lowest BCUT2D eigenvalue weighted by Gasteiger charge is -2.32. The fourth-order valence-corrected chi connectivity index (χ4v) is 8.82. The third-order valence-corrected chi connectivity index (χ3v) is 11.5. The van der Waals surface area contributed by atoms with Crippen LogP contribution in [0.15, 0.2) is 196 Å². The van der Waals surface area contributed by atoms with Gasteiger partial charge in [0.2, 0.25) is 0 Å². The van der Waals surface area contributed by atoms with Crippen LogP contribution in [-0.2, 0) is 0 Å². The molecule has 2 atom stereocenters. The molecular formula is C51H34N4O2. The highest BCUT2D eigenvalue weighted by atomic mass is 16.3. The van der Waals surface area contributed by atoms with Crippen molar-refractivity contribution in [3.05, 3.63) is 199 Å². The number of nitrogens with one attached hydrogen (secondary N) is 2. The Bertz CT molecular complexity index is 3370. The summed E-state index contributed by atoms with van der Waals surface area (Å²) in [5, 5.41) is 14.4. The minimum absolute atomic E-state index is 0.278. The highest BCUT2D eigenvalue weighted by Gasteiger charge is 2.28. The van der Waals surface area contributed by atoms with E-state index in [-0.39, 0.29) is 12.3 Å². The number of aliphatic imine (C=N–C) groups is 1. The van der Waals surface area contributed by atoms with Gasteiger partial charge < -0.3 is 18.7 Å². The first-order valence-corrected chi connectivity index (χ1v) is 19.3. The van der Waals surface area contributed by atoms with E-state index in [1.807, 2.05) is 24.3 Å². The van der Waals surface area contributed by atoms with Gasteiger partial charge in [0, 0.05) is 49.1 Å². The Balaban J connectivity index is 0.989. The summed E-state index contributed by atoms with van der Waals surface area (Å²) >= 11 is 0. The molecule has 6 nitrogen and oxygen atoms in total.